The fourth-order valence-electron chi connectivity index (χ4n) is 1.37. The summed E-state index contributed by atoms with van der Waals surface area (Å²) in [6.45, 7) is 4.63. The van der Waals surface area contributed by atoms with Crippen LogP contribution in [0.5, 0.6) is 0 Å². The van der Waals surface area contributed by atoms with Gasteiger partial charge >= 0.3 is 0 Å². The van der Waals surface area contributed by atoms with Gasteiger partial charge in [-0.2, -0.15) is 0 Å². The van der Waals surface area contributed by atoms with Gasteiger partial charge < -0.3 is 10.6 Å². The van der Waals surface area contributed by atoms with Gasteiger partial charge in [-0.15, -0.1) is 12.4 Å². The molecule has 1 heterocycles. The zero-order valence-corrected chi connectivity index (χ0v) is 8.25. The molecule has 3 nitrogen and oxygen atoms in total. The molecule has 0 unspecified atom stereocenters. The minimum absolute atomic E-state index is 0. The molecule has 0 radical (unpaired) electrons. The molecule has 2 N–H and O–H groups in total. The Kier molecular flexibility index (Phi) is 6.11. The van der Waals surface area contributed by atoms with Crippen molar-refractivity contribution in [2.45, 2.75) is 19.8 Å². The van der Waals surface area contributed by atoms with E-state index in [1.54, 1.807) is 6.92 Å². The first kappa shape index (κ1) is 11.7. The maximum atomic E-state index is 10.6. The van der Waals surface area contributed by atoms with Crippen LogP contribution in [0.25, 0.3) is 0 Å². The number of rotatable bonds is 2. The number of hydrogen-bond donors (Lipinski definition) is 2. The summed E-state index contributed by atoms with van der Waals surface area (Å²) in [5, 5.41) is 6.14. The van der Waals surface area contributed by atoms with Crippen LogP contribution in [0.2, 0.25) is 0 Å². The normalized spacial score (nSPS) is 18.1. The summed E-state index contributed by atoms with van der Waals surface area (Å²) in [5.41, 5.74) is 0. The molecule has 0 aromatic rings. The van der Waals surface area contributed by atoms with Gasteiger partial charge in [-0.3, -0.25) is 4.79 Å². The Morgan fingerprint density at radius 3 is 2.58 bits per heavy atom. The van der Waals surface area contributed by atoms with E-state index in [2.05, 4.69) is 10.6 Å². The molecule has 12 heavy (non-hydrogen) atoms. The number of carbonyl (C=O) groups is 1. The monoisotopic (exact) mass is 192 g/mol. The van der Waals surface area contributed by atoms with Gasteiger partial charge in [0.1, 0.15) is 0 Å². The van der Waals surface area contributed by atoms with Crippen LogP contribution in [0.3, 0.4) is 0 Å². The van der Waals surface area contributed by atoms with Crippen molar-refractivity contribution >= 4 is 18.3 Å². The molecule has 72 valence electrons. The Labute approximate surface area is 79.7 Å². The average molecular weight is 193 g/mol. The van der Waals surface area contributed by atoms with Crippen molar-refractivity contribution < 1.29 is 4.79 Å². The van der Waals surface area contributed by atoms with Crippen LogP contribution in [0.4, 0.5) is 0 Å². The number of nitrogens with one attached hydrogen (secondary N) is 2. The van der Waals surface area contributed by atoms with Crippen molar-refractivity contribution in [3.63, 3.8) is 0 Å². The van der Waals surface area contributed by atoms with Crippen LogP contribution in [0, 0.1) is 5.92 Å². The lowest BCUT2D eigenvalue weighted by atomic mass is 9.98. The van der Waals surface area contributed by atoms with Crippen molar-refractivity contribution in [3.8, 4) is 0 Å². The summed E-state index contributed by atoms with van der Waals surface area (Å²) in [6, 6.07) is 0. The standard InChI is InChI=1S/C8H16N2O.ClH/c1-7(11)10-6-8-2-4-9-5-3-8;/h8-9H,2-6H2,1H3,(H,10,11);1H. The average Bonchev–Trinajstić information content (AvgIpc) is 2.03. The van der Waals surface area contributed by atoms with Gasteiger partial charge in [-0.1, -0.05) is 0 Å². The largest absolute Gasteiger partial charge is 0.356 e. The first-order valence-electron chi connectivity index (χ1n) is 4.24. The second-order valence-corrected chi connectivity index (χ2v) is 3.13. The fourth-order valence-corrected chi connectivity index (χ4v) is 1.37. The molecule has 0 aromatic heterocycles. The van der Waals surface area contributed by atoms with Crippen molar-refractivity contribution in [1.29, 1.82) is 0 Å². The van der Waals surface area contributed by atoms with Gasteiger partial charge in [-0.25, -0.2) is 0 Å². The summed E-state index contributed by atoms with van der Waals surface area (Å²) in [5.74, 6) is 0.781. The number of carbonyl (C=O) groups excluding carboxylic acids is 1. The van der Waals surface area contributed by atoms with E-state index in [0.29, 0.717) is 5.92 Å². The predicted octanol–water partition coefficient (Wildman–Crippen LogP) is 0.544. The van der Waals surface area contributed by atoms with E-state index in [-0.39, 0.29) is 18.3 Å². The third kappa shape index (κ3) is 4.57. The number of hydrogen-bond acceptors (Lipinski definition) is 2. The second kappa shape index (κ2) is 6.26. The molecular formula is C8H17ClN2O. The maximum Gasteiger partial charge on any atom is 0.216 e. The molecule has 1 amide bonds. The highest BCUT2D eigenvalue weighted by molar-refractivity contribution is 5.85. The molecular weight excluding hydrogens is 176 g/mol. The zero-order valence-electron chi connectivity index (χ0n) is 7.43. The van der Waals surface area contributed by atoms with Crippen LogP contribution >= 0.6 is 12.4 Å². The van der Waals surface area contributed by atoms with E-state index in [4.69, 9.17) is 0 Å². The van der Waals surface area contributed by atoms with Crippen molar-refractivity contribution in [3.05, 3.63) is 0 Å². The topological polar surface area (TPSA) is 41.1 Å². The summed E-state index contributed by atoms with van der Waals surface area (Å²) < 4.78 is 0. The Bertz CT molecular complexity index is 135. The Hall–Kier alpha value is -0.280. The molecule has 0 aromatic carbocycles. The van der Waals surface area contributed by atoms with Crippen molar-refractivity contribution in [2.75, 3.05) is 19.6 Å². The van der Waals surface area contributed by atoms with Gasteiger partial charge in [0.15, 0.2) is 0 Å². The van der Waals surface area contributed by atoms with E-state index in [1.165, 1.54) is 12.8 Å². The molecule has 1 aliphatic heterocycles. The third-order valence-corrected chi connectivity index (χ3v) is 2.10. The molecule has 0 bridgehead atoms. The minimum atomic E-state index is 0. The highest BCUT2D eigenvalue weighted by Gasteiger charge is 2.12. The van der Waals surface area contributed by atoms with Crippen LogP contribution in [-0.2, 0) is 4.79 Å². The summed E-state index contributed by atoms with van der Waals surface area (Å²) in [6.07, 6.45) is 2.39. The minimum Gasteiger partial charge on any atom is -0.356 e. The molecule has 0 aliphatic carbocycles. The summed E-state index contributed by atoms with van der Waals surface area (Å²) in [7, 11) is 0. The molecule has 0 spiro atoms. The Morgan fingerprint density at radius 1 is 1.50 bits per heavy atom. The fraction of sp³-hybridized carbons (Fsp3) is 0.875. The molecule has 1 aliphatic rings. The van der Waals surface area contributed by atoms with E-state index in [1.807, 2.05) is 0 Å². The highest BCUT2D eigenvalue weighted by Crippen LogP contribution is 2.09. The SMILES string of the molecule is CC(=O)NCC1CCNCC1.Cl. The highest BCUT2D eigenvalue weighted by atomic mass is 35.5. The zero-order chi connectivity index (χ0) is 8.10. The first-order chi connectivity index (χ1) is 5.29. The second-order valence-electron chi connectivity index (χ2n) is 3.13. The van der Waals surface area contributed by atoms with Gasteiger partial charge in [0.2, 0.25) is 5.91 Å². The molecule has 4 heteroatoms. The summed E-state index contributed by atoms with van der Waals surface area (Å²) in [4.78, 5) is 10.6. The molecule has 1 rings (SSSR count). The smallest absolute Gasteiger partial charge is 0.216 e. The third-order valence-electron chi connectivity index (χ3n) is 2.10. The number of piperidine rings is 1. The molecule has 0 atom stereocenters. The maximum absolute atomic E-state index is 10.6. The lowest BCUT2D eigenvalue weighted by molar-refractivity contribution is -0.119. The quantitative estimate of drug-likeness (QED) is 0.671. The van der Waals surface area contributed by atoms with Gasteiger partial charge in [0, 0.05) is 13.5 Å². The predicted molar refractivity (Wildman–Crippen MR) is 51.5 cm³/mol. The lowest BCUT2D eigenvalue weighted by Gasteiger charge is -2.22. The van der Waals surface area contributed by atoms with Gasteiger partial charge in [-0.05, 0) is 31.8 Å². The van der Waals surface area contributed by atoms with Crippen molar-refractivity contribution in [1.82, 2.24) is 10.6 Å². The van der Waals surface area contributed by atoms with Crippen LogP contribution in [0.1, 0.15) is 19.8 Å². The van der Waals surface area contributed by atoms with Crippen LogP contribution in [0.15, 0.2) is 0 Å². The van der Waals surface area contributed by atoms with Crippen LogP contribution in [-0.4, -0.2) is 25.5 Å². The van der Waals surface area contributed by atoms with E-state index < -0.39 is 0 Å². The Morgan fingerprint density at radius 2 is 2.08 bits per heavy atom. The van der Waals surface area contributed by atoms with Gasteiger partial charge in [0.05, 0.1) is 0 Å². The molecule has 0 saturated carbocycles. The summed E-state index contributed by atoms with van der Waals surface area (Å²) >= 11 is 0. The van der Waals surface area contributed by atoms with E-state index in [9.17, 15) is 4.79 Å². The van der Waals surface area contributed by atoms with Crippen molar-refractivity contribution in [2.24, 2.45) is 5.92 Å². The molecule has 1 fully saturated rings. The van der Waals surface area contributed by atoms with E-state index >= 15 is 0 Å². The lowest BCUT2D eigenvalue weighted by Crippen LogP contribution is -2.35. The van der Waals surface area contributed by atoms with E-state index in [0.717, 1.165) is 19.6 Å². The van der Waals surface area contributed by atoms with Gasteiger partial charge in [0.25, 0.3) is 0 Å². The van der Waals surface area contributed by atoms with Crippen LogP contribution < -0.4 is 10.6 Å². The first-order valence-corrected chi connectivity index (χ1v) is 4.24. The number of amides is 1. The molecule has 1 saturated heterocycles. The Balaban J connectivity index is 0.00000121. The number of halogens is 1.